The molecule has 2 aromatic rings. The van der Waals surface area contributed by atoms with E-state index in [0.717, 1.165) is 30.2 Å². The number of ether oxygens (including phenoxy) is 1. The Kier molecular flexibility index (Phi) is 6.91. The fourth-order valence-corrected chi connectivity index (χ4v) is 8.20. The van der Waals surface area contributed by atoms with Crippen molar-refractivity contribution in [1.82, 2.24) is 14.5 Å². The number of nitrogens with zero attached hydrogens (tertiary/aromatic N) is 3. The first kappa shape index (κ1) is 24.8. The molecular formula is C30H39N3O4. The van der Waals surface area contributed by atoms with Gasteiger partial charge in [-0.3, -0.25) is 19.3 Å². The highest BCUT2D eigenvalue weighted by Gasteiger charge is 2.47. The van der Waals surface area contributed by atoms with Crippen molar-refractivity contribution in [2.45, 2.75) is 108 Å². The van der Waals surface area contributed by atoms with E-state index in [0.29, 0.717) is 23.6 Å². The van der Waals surface area contributed by atoms with Crippen molar-refractivity contribution in [2.24, 2.45) is 11.8 Å². The normalized spacial score (nSPS) is 31.4. The summed E-state index contributed by atoms with van der Waals surface area (Å²) in [5.41, 5.74) is 1.12. The molecule has 37 heavy (non-hydrogen) atoms. The maximum Gasteiger partial charge on any atom is 0.306 e. The number of para-hydroxylation sites is 2. The zero-order chi connectivity index (χ0) is 25.5. The summed E-state index contributed by atoms with van der Waals surface area (Å²) in [6, 6.07) is 9.44. The van der Waals surface area contributed by atoms with Crippen LogP contribution in [0, 0.1) is 11.8 Å². The van der Waals surface area contributed by atoms with Crippen LogP contribution < -0.4 is 5.56 Å². The third-order valence-corrected chi connectivity index (χ3v) is 9.57. The van der Waals surface area contributed by atoms with Crippen molar-refractivity contribution in [3.8, 4) is 0 Å². The fraction of sp³-hybridized carbons (Fsp3) is 0.667. The number of Topliss-reactive ketones (excluding diaryl/α,β-unsaturated/α-hetero) is 1. The average Bonchev–Trinajstić information content (AvgIpc) is 3.16. The number of esters is 1. The van der Waals surface area contributed by atoms with E-state index >= 15 is 0 Å². The maximum absolute atomic E-state index is 13.8. The lowest BCUT2D eigenvalue weighted by atomic mass is 9.69. The summed E-state index contributed by atoms with van der Waals surface area (Å²) in [5, 5.41) is 0. The first-order valence-corrected chi connectivity index (χ1v) is 14.5. The van der Waals surface area contributed by atoms with Crippen molar-refractivity contribution in [3.63, 3.8) is 0 Å². The van der Waals surface area contributed by atoms with Gasteiger partial charge in [-0.15, -0.1) is 0 Å². The number of hydrogen-bond acceptors (Lipinski definition) is 6. The second-order valence-electron chi connectivity index (χ2n) is 11.8. The second kappa shape index (κ2) is 10.3. The SMILES string of the molecule is CCOC(=O)CCC(=O)c1nc2ccccc2n([C@H]2C[C@H]3CC[C@@H](C2)N3C2CC3CCCC(C3)C2)c1=O. The van der Waals surface area contributed by atoms with E-state index in [-0.39, 0.29) is 42.5 Å². The van der Waals surface area contributed by atoms with Gasteiger partial charge < -0.3 is 9.30 Å². The molecule has 6 rings (SSSR count). The number of carbonyl (C=O) groups is 2. The number of fused-ring (bicyclic) bond motifs is 5. The molecule has 3 heterocycles. The molecule has 2 unspecified atom stereocenters. The van der Waals surface area contributed by atoms with Gasteiger partial charge in [-0.25, -0.2) is 4.98 Å². The molecular weight excluding hydrogens is 466 g/mol. The summed E-state index contributed by atoms with van der Waals surface area (Å²) in [7, 11) is 0. The van der Waals surface area contributed by atoms with E-state index in [1.165, 1.54) is 51.4 Å². The van der Waals surface area contributed by atoms with Crippen LogP contribution in [0.2, 0.25) is 0 Å². The Bertz CT molecular complexity index is 1210. The van der Waals surface area contributed by atoms with Crippen molar-refractivity contribution in [3.05, 3.63) is 40.3 Å². The number of piperidine rings is 1. The standard InChI is InChI=1S/C30H39N3O4/c1-2-37-28(35)13-12-27(34)29-30(36)33(26-9-4-3-8-25(26)31-29)24-17-21-10-11-22(18-24)32(21)23-15-19-6-5-7-20(14-19)16-23/h3-4,8-9,19-24H,2,5-7,10-18H2,1H3/t19?,20?,21-,22+,23?,24+. The Balaban J connectivity index is 1.27. The van der Waals surface area contributed by atoms with Crippen LogP contribution in [-0.2, 0) is 9.53 Å². The highest BCUT2D eigenvalue weighted by atomic mass is 16.5. The number of benzene rings is 1. The van der Waals surface area contributed by atoms with Gasteiger partial charge in [0, 0.05) is 30.6 Å². The summed E-state index contributed by atoms with van der Waals surface area (Å²) < 4.78 is 6.84. The van der Waals surface area contributed by atoms with Crippen LogP contribution in [0.4, 0.5) is 0 Å². The summed E-state index contributed by atoms with van der Waals surface area (Å²) in [5.74, 6) is 1.01. The fourth-order valence-electron chi connectivity index (χ4n) is 8.20. The van der Waals surface area contributed by atoms with Gasteiger partial charge in [-0.1, -0.05) is 31.4 Å². The molecule has 0 N–H and O–H groups in total. The Morgan fingerprint density at radius 2 is 1.59 bits per heavy atom. The second-order valence-corrected chi connectivity index (χ2v) is 11.8. The lowest BCUT2D eigenvalue weighted by Gasteiger charge is -2.49. The highest BCUT2D eigenvalue weighted by molar-refractivity contribution is 5.97. The first-order valence-electron chi connectivity index (χ1n) is 14.5. The highest BCUT2D eigenvalue weighted by Crippen LogP contribution is 2.48. The van der Waals surface area contributed by atoms with Gasteiger partial charge in [-0.05, 0) is 75.8 Å². The smallest absolute Gasteiger partial charge is 0.306 e. The lowest BCUT2D eigenvalue weighted by Crippen LogP contribution is -2.52. The van der Waals surface area contributed by atoms with Gasteiger partial charge in [-0.2, -0.15) is 0 Å². The number of ketones is 1. The van der Waals surface area contributed by atoms with Gasteiger partial charge in [0.25, 0.3) is 5.56 Å². The molecule has 2 aliphatic heterocycles. The van der Waals surface area contributed by atoms with Crippen LogP contribution >= 0.6 is 0 Å². The lowest BCUT2D eigenvalue weighted by molar-refractivity contribution is -0.143. The molecule has 2 aliphatic carbocycles. The number of hydrogen-bond donors (Lipinski definition) is 0. The number of carbonyl (C=O) groups excluding carboxylic acids is 2. The third-order valence-electron chi connectivity index (χ3n) is 9.57. The molecule has 198 valence electrons. The van der Waals surface area contributed by atoms with E-state index in [2.05, 4.69) is 9.88 Å². The Labute approximate surface area is 218 Å². The van der Waals surface area contributed by atoms with Gasteiger partial charge in [0.15, 0.2) is 11.5 Å². The van der Waals surface area contributed by atoms with E-state index in [1.54, 1.807) is 6.92 Å². The van der Waals surface area contributed by atoms with Crippen molar-refractivity contribution < 1.29 is 14.3 Å². The largest absolute Gasteiger partial charge is 0.466 e. The van der Waals surface area contributed by atoms with E-state index in [1.807, 2.05) is 28.8 Å². The molecule has 0 radical (unpaired) electrons. The molecule has 2 saturated heterocycles. The zero-order valence-electron chi connectivity index (χ0n) is 21.9. The summed E-state index contributed by atoms with van der Waals surface area (Å²) >= 11 is 0. The summed E-state index contributed by atoms with van der Waals surface area (Å²) in [6.45, 7) is 2.01. The van der Waals surface area contributed by atoms with Crippen molar-refractivity contribution in [1.29, 1.82) is 0 Å². The molecule has 1 aromatic heterocycles. The zero-order valence-corrected chi connectivity index (χ0v) is 21.9. The van der Waals surface area contributed by atoms with Gasteiger partial charge in [0.2, 0.25) is 0 Å². The van der Waals surface area contributed by atoms with Crippen molar-refractivity contribution >= 4 is 22.8 Å². The van der Waals surface area contributed by atoms with Crippen LogP contribution in [-0.4, -0.2) is 50.9 Å². The predicted octanol–water partition coefficient (Wildman–Crippen LogP) is 5.06. The minimum Gasteiger partial charge on any atom is -0.466 e. The monoisotopic (exact) mass is 505 g/mol. The molecule has 7 nitrogen and oxygen atoms in total. The van der Waals surface area contributed by atoms with Crippen molar-refractivity contribution in [2.75, 3.05) is 6.61 Å². The van der Waals surface area contributed by atoms with Crippen LogP contribution in [0.5, 0.6) is 0 Å². The first-order chi connectivity index (χ1) is 18.0. The predicted molar refractivity (Wildman–Crippen MR) is 142 cm³/mol. The van der Waals surface area contributed by atoms with E-state index in [9.17, 15) is 14.4 Å². The van der Waals surface area contributed by atoms with Crippen LogP contribution in [0.1, 0.15) is 101 Å². The molecule has 4 aliphatic rings. The average molecular weight is 506 g/mol. The van der Waals surface area contributed by atoms with Crippen LogP contribution in [0.3, 0.4) is 0 Å². The van der Waals surface area contributed by atoms with Gasteiger partial charge in [0.1, 0.15) is 0 Å². The molecule has 0 amide bonds. The molecule has 7 heteroatoms. The number of aromatic nitrogens is 2. The minimum atomic E-state index is -0.423. The van der Waals surface area contributed by atoms with E-state index in [4.69, 9.17) is 4.74 Å². The molecule has 1 aromatic carbocycles. The summed E-state index contributed by atoms with van der Waals surface area (Å²) in [6.07, 6.45) is 12.6. The molecule has 0 spiro atoms. The summed E-state index contributed by atoms with van der Waals surface area (Å²) in [4.78, 5) is 46.0. The quantitative estimate of drug-likeness (QED) is 0.387. The van der Waals surface area contributed by atoms with Crippen LogP contribution in [0.25, 0.3) is 11.0 Å². The molecule has 4 bridgehead atoms. The molecule has 5 atom stereocenters. The maximum atomic E-state index is 13.8. The number of rotatable bonds is 7. The van der Waals surface area contributed by atoms with Gasteiger partial charge >= 0.3 is 5.97 Å². The Hall–Kier alpha value is -2.54. The molecule has 2 saturated carbocycles. The third kappa shape index (κ3) is 4.75. The Morgan fingerprint density at radius 3 is 2.30 bits per heavy atom. The van der Waals surface area contributed by atoms with E-state index < -0.39 is 5.97 Å². The van der Waals surface area contributed by atoms with Crippen LogP contribution in [0.15, 0.2) is 29.1 Å². The minimum absolute atomic E-state index is 0.0352. The van der Waals surface area contributed by atoms with Gasteiger partial charge in [0.05, 0.1) is 24.1 Å². The topological polar surface area (TPSA) is 81.5 Å². The Morgan fingerprint density at radius 1 is 0.892 bits per heavy atom. The molecule has 4 fully saturated rings.